The van der Waals surface area contributed by atoms with E-state index in [0.717, 1.165) is 17.4 Å². The first-order chi connectivity index (χ1) is 16.1. The first-order valence-corrected chi connectivity index (χ1v) is 13.2. The molecule has 0 spiro atoms. The van der Waals surface area contributed by atoms with Crippen molar-refractivity contribution in [3.05, 3.63) is 59.7 Å². The van der Waals surface area contributed by atoms with Crippen molar-refractivity contribution in [2.45, 2.75) is 46.2 Å². The van der Waals surface area contributed by atoms with Gasteiger partial charge in [-0.3, -0.25) is 13.9 Å². The Morgan fingerprint density at radius 1 is 1.09 bits per heavy atom. The molecule has 0 aliphatic heterocycles. The van der Waals surface area contributed by atoms with E-state index in [2.05, 4.69) is 5.32 Å². The third-order valence-corrected chi connectivity index (χ3v) is 6.81. The second-order valence-corrected chi connectivity index (χ2v) is 10.0. The number of hydrogen-bond donors (Lipinski definition) is 1. The smallest absolute Gasteiger partial charge is 0.242 e. The molecule has 0 radical (unpaired) electrons. The number of aryl methyl sites for hydroxylation is 1. The number of carbonyl (C=O) groups excluding carboxylic acids is 2. The van der Waals surface area contributed by atoms with E-state index in [1.54, 1.807) is 36.1 Å². The van der Waals surface area contributed by atoms with E-state index in [-0.39, 0.29) is 31.2 Å². The normalized spacial score (nSPS) is 12.0. The average Bonchev–Trinajstić information content (AvgIpc) is 2.80. The molecule has 1 N–H and O–H groups in total. The van der Waals surface area contributed by atoms with Gasteiger partial charge in [-0.05, 0) is 50.5 Å². The summed E-state index contributed by atoms with van der Waals surface area (Å²) in [5.74, 6) is -0.00278. The van der Waals surface area contributed by atoms with Gasteiger partial charge < -0.3 is 15.0 Å². The van der Waals surface area contributed by atoms with Crippen LogP contribution in [0.1, 0.15) is 37.8 Å². The van der Waals surface area contributed by atoms with Crippen LogP contribution in [-0.2, 0) is 26.2 Å². The molecule has 8 nitrogen and oxygen atoms in total. The molecule has 0 aliphatic carbocycles. The van der Waals surface area contributed by atoms with Gasteiger partial charge in [-0.1, -0.05) is 36.4 Å². The van der Waals surface area contributed by atoms with Crippen molar-refractivity contribution >= 4 is 27.5 Å². The number of methoxy groups -OCH3 is 1. The minimum Gasteiger partial charge on any atom is -0.495 e. The molecule has 2 aromatic rings. The van der Waals surface area contributed by atoms with Gasteiger partial charge >= 0.3 is 0 Å². The second-order valence-electron chi connectivity index (χ2n) is 8.13. The van der Waals surface area contributed by atoms with Crippen LogP contribution in [0.15, 0.2) is 48.5 Å². The Hall–Kier alpha value is -3.07. The van der Waals surface area contributed by atoms with Crippen LogP contribution in [0.25, 0.3) is 0 Å². The van der Waals surface area contributed by atoms with Crippen LogP contribution >= 0.6 is 0 Å². The van der Waals surface area contributed by atoms with Crippen LogP contribution in [0.2, 0.25) is 0 Å². The van der Waals surface area contributed by atoms with E-state index in [9.17, 15) is 18.0 Å². The molecular formula is C25H35N3O5S. The molecule has 0 aromatic heterocycles. The average molecular weight is 490 g/mol. The van der Waals surface area contributed by atoms with Crippen LogP contribution < -0.4 is 14.4 Å². The Morgan fingerprint density at radius 2 is 1.74 bits per heavy atom. The number of carbonyl (C=O) groups is 2. The summed E-state index contributed by atoms with van der Waals surface area (Å²) in [5.41, 5.74) is 2.41. The summed E-state index contributed by atoms with van der Waals surface area (Å²) in [6.07, 6.45) is 1.51. The number of ether oxygens (including phenoxy) is 1. The van der Waals surface area contributed by atoms with E-state index in [4.69, 9.17) is 4.74 Å². The Kier molecular flexibility index (Phi) is 9.92. The molecule has 2 amide bonds. The number of hydrogen-bond acceptors (Lipinski definition) is 5. The minimum atomic E-state index is -3.60. The predicted molar refractivity (Wildman–Crippen MR) is 134 cm³/mol. The third-order valence-electron chi connectivity index (χ3n) is 5.63. The van der Waals surface area contributed by atoms with E-state index in [0.29, 0.717) is 24.5 Å². The molecule has 0 fully saturated rings. The van der Waals surface area contributed by atoms with Crippen LogP contribution in [0.4, 0.5) is 5.69 Å². The van der Waals surface area contributed by atoms with Crippen LogP contribution in [-0.4, -0.2) is 57.6 Å². The number of likely N-dealkylation sites (N-methyl/N-ethyl adjacent to an activating group) is 1. The van der Waals surface area contributed by atoms with Gasteiger partial charge in [-0.2, -0.15) is 0 Å². The summed E-state index contributed by atoms with van der Waals surface area (Å²) >= 11 is 0. The first kappa shape index (κ1) is 27.2. The third kappa shape index (κ3) is 7.21. The summed E-state index contributed by atoms with van der Waals surface area (Å²) in [5, 5.41) is 2.78. The molecule has 2 rings (SSSR count). The number of rotatable bonds is 12. The zero-order valence-corrected chi connectivity index (χ0v) is 21.4. The van der Waals surface area contributed by atoms with Gasteiger partial charge in [0.25, 0.3) is 0 Å². The molecule has 0 heterocycles. The topological polar surface area (TPSA) is 96.0 Å². The summed E-state index contributed by atoms with van der Waals surface area (Å²) in [7, 11) is -2.11. The maximum absolute atomic E-state index is 13.3. The molecule has 0 aliphatic rings. The number of nitrogens with one attached hydrogen (secondary N) is 1. The van der Waals surface area contributed by atoms with Crippen LogP contribution in [0.3, 0.4) is 0 Å². The monoisotopic (exact) mass is 489 g/mol. The molecule has 9 heteroatoms. The first-order valence-electron chi connectivity index (χ1n) is 11.3. The van der Waals surface area contributed by atoms with Crippen LogP contribution in [0.5, 0.6) is 5.75 Å². The SMILES string of the molecule is CCNC(=O)C(C)N(Cc1ccccc1C)C(=O)CCCN(c1ccccc1OC)S(C)(=O)=O. The second kappa shape index (κ2) is 12.4. The van der Waals surface area contributed by atoms with Gasteiger partial charge in [-0.15, -0.1) is 0 Å². The zero-order chi connectivity index (χ0) is 25.3. The Labute approximate surface area is 202 Å². The zero-order valence-electron chi connectivity index (χ0n) is 20.6. The maximum atomic E-state index is 13.3. The number of sulfonamides is 1. The van der Waals surface area contributed by atoms with Gasteiger partial charge in [0, 0.05) is 26.1 Å². The lowest BCUT2D eigenvalue weighted by molar-refractivity contribution is -0.140. The molecule has 34 heavy (non-hydrogen) atoms. The highest BCUT2D eigenvalue weighted by atomic mass is 32.2. The number of benzene rings is 2. The van der Waals surface area contributed by atoms with Gasteiger partial charge in [0.05, 0.1) is 19.1 Å². The highest BCUT2D eigenvalue weighted by Crippen LogP contribution is 2.29. The maximum Gasteiger partial charge on any atom is 0.242 e. The van der Waals surface area contributed by atoms with Gasteiger partial charge in [0.2, 0.25) is 21.8 Å². The van der Waals surface area contributed by atoms with Crippen molar-refractivity contribution in [2.75, 3.05) is 30.8 Å². The molecule has 1 unspecified atom stereocenters. The molecule has 186 valence electrons. The Morgan fingerprint density at radius 3 is 2.35 bits per heavy atom. The van der Waals surface area contributed by atoms with Crippen molar-refractivity contribution < 1.29 is 22.7 Å². The predicted octanol–water partition coefficient (Wildman–Crippen LogP) is 3.10. The summed E-state index contributed by atoms with van der Waals surface area (Å²) in [4.78, 5) is 27.3. The molecule has 1 atom stereocenters. The fourth-order valence-corrected chi connectivity index (χ4v) is 4.66. The number of anilines is 1. The fraction of sp³-hybridized carbons (Fsp3) is 0.440. The Balaban J connectivity index is 2.20. The van der Waals surface area contributed by atoms with Crippen molar-refractivity contribution in [1.82, 2.24) is 10.2 Å². The summed E-state index contributed by atoms with van der Waals surface area (Å²) < 4.78 is 31.5. The van der Waals surface area contributed by atoms with Crippen molar-refractivity contribution in [3.8, 4) is 5.75 Å². The summed E-state index contributed by atoms with van der Waals surface area (Å²) in [6.45, 7) is 6.38. The summed E-state index contributed by atoms with van der Waals surface area (Å²) in [6, 6.07) is 13.9. The number of nitrogens with zero attached hydrogens (tertiary/aromatic N) is 2. The van der Waals surface area contributed by atoms with Crippen molar-refractivity contribution in [1.29, 1.82) is 0 Å². The molecule has 0 saturated heterocycles. The number of para-hydroxylation sites is 2. The van der Waals surface area contributed by atoms with Gasteiger partial charge in [0.15, 0.2) is 0 Å². The van der Waals surface area contributed by atoms with E-state index < -0.39 is 16.1 Å². The highest BCUT2D eigenvalue weighted by Gasteiger charge is 2.27. The van der Waals surface area contributed by atoms with Gasteiger partial charge in [-0.25, -0.2) is 8.42 Å². The quantitative estimate of drug-likeness (QED) is 0.494. The largest absolute Gasteiger partial charge is 0.495 e. The highest BCUT2D eigenvalue weighted by molar-refractivity contribution is 7.92. The lowest BCUT2D eigenvalue weighted by Crippen LogP contribution is -2.47. The fourth-order valence-electron chi connectivity index (χ4n) is 3.69. The van der Waals surface area contributed by atoms with Gasteiger partial charge in [0.1, 0.15) is 11.8 Å². The lowest BCUT2D eigenvalue weighted by Gasteiger charge is -2.30. The number of amides is 2. The standard InChI is InChI=1S/C25H35N3O5S/c1-6-26-25(30)20(3)27(18-21-13-8-7-12-19(21)2)24(29)16-11-17-28(34(5,31)32)22-14-9-10-15-23(22)33-4/h7-10,12-15,20H,6,11,16-18H2,1-5H3,(H,26,30). The van der Waals surface area contributed by atoms with E-state index >= 15 is 0 Å². The molecule has 0 saturated carbocycles. The molecular weight excluding hydrogens is 454 g/mol. The minimum absolute atomic E-state index is 0.0940. The van der Waals surface area contributed by atoms with Crippen molar-refractivity contribution in [2.24, 2.45) is 0 Å². The molecule has 0 bridgehead atoms. The van der Waals surface area contributed by atoms with Crippen molar-refractivity contribution in [3.63, 3.8) is 0 Å². The van der Waals surface area contributed by atoms with E-state index in [1.165, 1.54) is 11.4 Å². The Bertz CT molecular complexity index is 1090. The molecule has 2 aromatic carbocycles. The van der Waals surface area contributed by atoms with E-state index in [1.807, 2.05) is 38.1 Å². The van der Waals surface area contributed by atoms with Crippen LogP contribution in [0, 0.1) is 6.92 Å². The lowest BCUT2D eigenvalue weighted by atomic mass is 10.1.